The molecule has 2 aromatic rings. The van der Waals surface area contributed by atoms with Gasteiger partial charge in [-0.05, 0) is 37.1 Å². The van der Waals surface area contributed by atoms with Crippen LogP contribution in [0.4, 0.5) is 11.5 Å². The van der Waals surface area contributed by atoms with E-state index in [0.717, 1.165) is 18.5 Å². The second kappa shape index (κ2) is 8.56. The summed E-state index contributed by atoms with van der Waals surface area (Å²) in [5.74, 6) is 0.601. The van der Waals surface area contributed by atoms with Crippen molar-refractivity contribution in [2.45, 2.75) is 62.7 Å². The van der Waals surface area contributed by atoms with Crippen LogP contribution in [0.2, 0.25) is 0 Å². The normalized spacial score (nSPS) is 15.9. The van der Waals surface area contributed by atoms with Crippen molar-refractivity contribution in [2.75, 3.05) is 10.0 Å². The molecule has 7 nitrogen and oxygen atoms in total. The first-order valence-electron chi connectivity index (χ1n) is 9.46. The minimum Gasteiger partial charge on any atom is -0.326 e. The molecule has 0 radical (unpaired) electrons. The average Bonchev–Trinajstić information content (AvgIpc) is 2.93. The Balaban J connectivity index is 1.68. The molecular formula is C19H26N4O3S. The van der Waals surface area contributed by atoms with Crippen LogP contribution in [0.15, 0.2) is 35.2 Å². The van der Waals surface area contributed by atoms with E-state index in [0.29, 0.717) is 23.8 Å². The molecule has 1 saturated carbocycles. The number of carbonyl (C=O) groups is 1. The number of aromatic amines is 1. The minimum atomic E-state index is -3.73. The van der Waals surface area contributed by atoms with E-state index in [2.05, 4.69) is 20.2 Å². The van der Waals surface area contributed by atoms with Crippen LogP contribution in [0, 0.1) is 0 Å². The third-order valence-electron chi connectivity index (χ3n) is 4.90. The molecule has 0 bridgehead atoms. The summed E-state index contributed by atoms with van der Waals surface area (Å²) < 4.78 is 27.7. The summed E-state index contributed by atoms with van der Waals surface area (Å²) in [6.07, 6.45) is 7.51. The van der Waals surface area contributed by atoms with E-state index in [4.69, 9.17) is 0 Å². The van der Waals surface area contributed by atoms with Gasteiger partial charge in [-0.2, -0.15) is 5.10 Å². The Morgan fingerprint density at radius 3 is 2.44 bits per heavy atom. The predicted molar refractivity (Wildman–Crippen MR) is 105 cm³/mol. The molecule has 1 aliphatic rings. The van der Waals surface area contributed by atoms with Gasteiger partial charge in [0.1, 0.15) is 0 Å². The first kappa shape index (κ1) is 19.4. The zero-order valence-electron chi connectivity index (χ0n) is 15.5. The summed E-state index contributed by atoms with van der Waals surface area (Å²) in [5.41, 5.74) is 1.56. The van der Waals surface area contributed by atoms with Crippen LogP contribution in [0.25, 0.3) is 0 Å². The number of benzene rings is 1. The van der Waals surface area contributed by atoms with Crippen molar-refractivity contribution >= 4 is 27.4 Å². The van der Waals surface area contributed by atoms with Crippen LogP contribution in [0.1, 0.15) is 63.5 Å². The lowest BCUT2D eigenvalue weighted by Gasteiger charge is -2.10. The van der Waals surface area contributed by atoms with Gasteiger partial charge in [-0.3, -0.25) is 14.6 Å². The van der Waals surface area contributed by atoms with Crippen LogP contribution in [-0.2, 0) is 14.8 Å². The highest BCUT2D eigenvalue weighted by atomic mass is 32.2. The fraction of sp³-hybridized carbons (Fsp3) is 0.474. The van der Waals surface area contributed by atoms with E-state index in [1.54, 1.807) is 25.1 Å². The number of rotatable bonds is 6. The van der Waals surface area contributed by atoms with Crippen molar-refractivity contribution in [3.63, 3.8) is 0 Å². The maximum atomic E-state index is 12.6. The van der Waals surface area contributed by atoms with Gasteiger partial charge in [-0.15, -0.1) is 0 Å². The van der Waals surface area contributed by atoms with Crippen molar-refractivity contribution in [3.05, 3.63) is 36.0 Å². The third kappa shape index (κ3) is 5.09. The van der Waals surface area contributed by atoms with Crippen LogP contribution in [-0.4, -0.2) is 24.5 Å². The third-order valence-corrected chi connectivity index (χ3v) is 6.27. The van der Waals surface area contributed by atoms with Crippen molar-refractivity contribution in [3.8, 4) is 0 Å². The van der Waals surface area contributed by atoms with Gasteiger partial charge in [0.2, 0.25) is 5.91 Å². The molecule has 1 amide bonds. The van der Waals surface area contributed by atoms with E-state index >= 15 is 0 Å². The van der Waals surface area contributed by atoms with Crippen molar-refractivity contribution in [2.24, 2.45) is 0 Å². The van der Waals surface area contributed by atoms with Gasteiger partial charge in [0.25, 0.3) is 10.0 Å². The number of H-pyrrole nitrogens is 1. The zero-order valence-corrected chi connectivity index (χ0v) is 16.3. The summed E-state index contributed by atoms with van der Waals surface area (Å²) in [5, 5.41) is 9.81. The molecule has 0 saturated heterocycles. The van der Waals surface area contributed by atoms with Crippen LogP contribution in [0.3, 0.4) is 0 Å². The van der Waals surface area contributed by atoms with Gasteiger partial charge in [-0.25, -0.2) is 8.42 Å². The van der Waals surface area contributed by atoms with Gasteiger partial charge in [-0.1, -0.05) is 32.6 Å². The number of aromatic nitrogens is 2. The predicted octanol–water partition coefficient (Wildman–Crippen LogP) is 4.00. The number of sulfonamides is 1. The number of nitrogens with one attached hydrogen (secondary N) is 3. The maximum absolute atomic E-state index is 12.6. The Bertz CT molecular complexity index is 867. The average molecular weight is 391 g/mol. The standard InChI is InChI=1S/C19H26N4O3S/c1-2-19(24)20-15-9-11-16(12-10-15)27(25,26)23-18-13-17(21-22-18)14-7-5-3-4-6-8-14/h9-14H,2-8H2,1H3,(H,20,24)(H2,21,22,23). The highest BCUT2D eigenvalue weighted by Gasteiger charge is 2.20. The van der Waals surface area contributed by atoms with Gasteiger partial charge < -0.3 is 5.32 Å². The Hall–Kier alpha value is -2.35. The Morgan fingerprint density at radius 2 is 1.81 bits per heavy atom. The maximum Gasteiger partial charge on any atom is 0.263 e. The second-order valence-corrected chi connectivity index (χ2v) is 8.61. The summed E-state index contributed by atoms with van der Waals surface area (Å²) in [6, 6.07) is 7.87. The number of hydrogen-bond acceptors (Lipinski definition) is 4. The molecule has 3 rings (SSSR count). The monoisotopic (exact) mass is 390 g/mol. The fourth-order valence-electron chi connectivity index (χ4n) is 3.35. The molecule has 1 aromatic carbocycles. The molecule has 0 atom stereocenters. The van der Waals surface area contributed by atoms with Gasteiger partial charge >= 0.3 is 0 Å². The van der Waals surface area contributed by atoms with Crippen molar-refractivity contribution in [1.29, 1.82) is 0 Å². The van der Waals surface area contributed by atoms with E-state index in [9.17, 15) is 13.2 Å². The zero-order chi connectivity index (χ0) is 19.3. The van der Waals surface area contributed by atoms with Crippen LogP contribution < -0.4 is 10.0 Å². The molecule has 3 N–H and O–H groups in total. The molecule has 8 heteroatoms. The van der Waals surface area contributed by atoms with Gasteiger partial charge in [0.05, 0.1) is 4.90 Å². The fourth-order valence-corrected chi connectivity index (χ4v) is 4.34. The van der Waals surface area contributed by atoms with Crippen molar-refractivity contribution in [1.82, 2.24) is 10.2 Å². The topological polar surface area (TPSA) is 104 Å². The first-order chi connectivity index (χ1) is 13.0. The molecule has 1 aromatic heterocycles. The number of nitrogens with zero attached hydrogens (tertiary/aromatic N) is 1. The van der Waals surface area contributed by atoms with Gasteiger partial charge in [0.15, 0.2) is 5.82 Å². The Kier molecular flexibility index (Phi) is 6.15. The van der Waals surface area contributed by atoms with E-state index in [1.807, 2.05) is 0 Å². The molecular weight excluding hydrogens is 364 g/mol. The van der Waals surface area contributed by atoms with E-state index < -0.39 is 10.0 Å². The number of amides is 1. The molecule has 146 valence electrons. The van der Waals surface area contributed by atoms with Crippen LogP contribution >= 0.6 is 0 Å². The highest BCUT2D eigenvalue weighted by molar-refractivity contribution is 7.92. The second-order valence-electron chi connectivity index (χ2n) is 6.93. The first-order valence-corrected chi connectivity index (χ1v) is 10.9. The minimum absolute atomic E-state index is 0.119. The number of carbonyl (C=O) groups excluding carboxylic acids is 1. The molecule has 0 unspecified atom stereocenters. The lowest BCUT2D eigenvalue weighted by atomic mass is 9.97. The Labute approximate surface area is 160 Å². The number of hydrogen-bond donors (Lipinski definition) is 3. The molecule has 0 aliphatic heterocycles. The summed E-state index contributed by atoms with van der Waals surface area (Å²) >= 11 is 0. The van der Waals surface area contributed by atoms with E-state index in [1.165, 1.54) is 37.8 Å². The highest BCUT2D eigenvalue weighted by Crippen LogP contribution is 2.31. The Morgan fingerprint density at radius 1 is 1.15 bits per heavy atom. The molecule has 1 heterocycles. The summed E-state index contributed by atoms with van der Waals surface area (Å²) in [4.78, 5) is 11.5. The van der Waals surface area contributed by atoms with Gasteiger partial charge in [0, 0.05) is 29.8 Å². The summed E-state index contributed by atoms with van der Waals surface area (Å²) in [7, 11) is -3.73. The lowest BCUT2D eigenvalue weighted by molar-refractivity contribution is -0.115. The molecule has 1 fully saturated rings. The largest absolute Gasteiger partial charge is 0.326 e. The smallest absolute Gasteiger partial charge is 0.263 e. The van der Waals surface area contributed by atoms with Crippen LogP contribution in [0.5, 0.6) is 0 Å². The van der Waals surface area contributed by atoms with Crippen molar-refractivity contribution < 1.29 is 13.2 Å². The number of anilines is 2. The van der Waals surface area contributed by atoms with E-state index in [-0.39, 0.29) is 10.8 Å². The molecule has 0 spiro atoms. The quantitative estimate of drug-likeness (QED) is 0.649. The SMILES string of the molecule is CCC(=O)Nc1ccc(S(=O)(=O)Nc2cc(C3CCCCCC3)[nH]n2)cc1. The lowest BCUT2D eigenvalue weighted by Crippen LogP contribution is -2.14. The molecule has 27 heavy (non-hydrogen) atoms. The molecule has 1 aliphatic carbocycles. The summed E-state index contributed by atoms with van der Waals surface area (Å²) in [6.45, 7) is 1.76.